The van der Waals surface area contributed by atoms with Crippen LogP contribution in [0.5, 0.6) is 11.5 Å². The van der Waals surface area contributed by atoms with Gasteiger partial charge in [0.2, 0.25) is 6.23 Å². The minimum Gasteiger partial charge on any atom is -0.497 e. The van der Waals surface area contributed by atoms with E-state index in [1.807, 2.05) is 47.5 Å². The Labute approximate surface area is 176 Å². The van der Waals surface area contributed by atoms with Crippen molar-refractivity contribution in [3.63, 3.8) is 0 Å². The molecule has 29 heavy (non-hydrogen) atoms. The Morgan fingerprint density at radius 3 is 2.62 bits per heavy atom. The van der Waals surface area contributed by atoms with Gasteiger partial charge in [0.25, 0.3) is 0 Å². The highest BCUT2D eigenvalue weighted by molar-refractivity contribution is 9.10. The van der Waals surface area contributed by atoms with E-state index in [4.69, 9.17) is 14.6 Å². The van der Waals surface area contributed by atoms with Crippen LogP contribution in [0.4, 0.5) is 4.39 Å². The maximum atomic E-state index is 14.6. The lowest BCUT2D eigenvalue weighted by Gasteiger charge is -2.38. The molecule has 2 aliphatic rings. The van der Waals surface area contributed by atoms with Gasteiger partial charge in [-0.05, 0) is 54.1 Å². The first kappa shape index (κ1) is 18.2. The summed E-state index contributed by atoms with van der Waals surface area (Å²) in [5.74, 6) is 1.26. The van der Waals surface area contributed by atoms with Gasteiger partial charge in [-0.1, -0.05) is 34.1 Å². The van der Waals surface area contributed by atoms with E-state index in [1.54, 1.807) is 19.2 Å². The monoisotopic (exact) mass is 452 g/mol. The van der Waals surface area contributed by atoms with Gasteiger partial charge in [0.1, 0.15) is 17.3 Å². The van der Waals surface area contributed by atoms with Gasteiger partial charge in [-0.15, -0.1) is 0 Å². The van der Waals surface area contributed by atoms with E-state index in [2.05, 4.69) is 22.0 Å². The van der Waals surface area contributed by atoms with E-state index in [0.29, 0.717) is 12.0 Å². The van der Waals surface area contributed by atoms with Crippen LogP contribution in [0, 0.1) is 5.82 Å². The van der Waals surface area contributed by atoms with Gasteiger partial charge in [-0.3, -0.25) is 0 Å². The minimum atomic E-state index is -0.620. The quantitative estimate of drug-likeness (QED) is 0.500. The summed E-state index contributed by atoms with van der Waals surface area (Å²) in [4.78, 5) is 0. The molecular weight excluding hydrogens is 435 g/mol. The SMILES string of the molecule is COc1ccc(C2=NN3[C@@H](C2)c2cc(Br)ccc2O[C@H]3c2ccccc2F)cc1. The molecule has 4 nitrogen and oxygen atoms in total. The predicted octanol–water partition coefficient (Wildman–Crippen LogP) is 5.84. The zero-order valence-corrected chi connectivity index (χ0v) is 17.3. The summed E-state index contributed by atoms with van der Waals surface area (Å²) in [6, 6.07) is 20.4. The van der Waals surface area contributed by atoms with Crippen LogP contribution >= 0.6 is 15.9 Å². The van der Waals surface area contributed by atoms with Crippen LogP contribution in [0.2, 0.25) is 0 Å². The average Bonchev–Trinajstić information content (AvgIpc) is 3.20. The van der Waals surface area contributed by atoms with E-state index in [0.717, 1.165) is 32.8 Å². The van der Waals surface area contributed by atoms with Crippen LogP contribution in [0.1, 0.15) is 35.4 Å². The molecule has 2 atom stereocenters. The summed E-state index contributed by atoms with van der Waals surface area (Å²) < 4.78 is 27.1. The van der Waals surface area contributed by atoms with Gasteiger partial charge >= 0.3 is 0 Å². The zero-order valence-electron chi connectivity index (χ0n) is 15.7. The third-order valence-corrected chi connectivity index (χ3v) is 5.84. The third-order valence-electron chi connectivity index (χ3n) is 5.35. The summed E-state index contributed by atoms with van der Waals surface area (Å²) in [7, 11) is 1.65. The summed E-state index contributed by atoms with van der Waals surface area (Å²) in [6.07, 6.45) is 0.0926. The number of benzene rings is 3. The normalized spacial score (nSPS) is 19.8. The molecule has 0 saturated heterocycles. The fourth-order valence-corrected chi connectivity index (χ4v) is 4.28. The van der Waals surface area contributed by atoms with Crippen LogP contribution in [0.15, 0.2) is 76.3 Å². The molecular formula is C23H18BrFN2O2. The molecule has 0 aliphatic carbocycles. The molecule has 0 fully saturated rings. The smallest absolute Gasteiger partial charge is 0.216 e. The first-order valence-corrected chi connectivity index (χ1v) is 10.1. The summed E-state index contributed by atoms with van der Waals surface area (Å²) in [5.41, 5.74) is 3.48. The molecule has 146 valence electrons. The number of hydrogen-bond donors (Lipinski definition) is 0. The van der Waals surface area contributed by atoms with Crippen molar-refractivity contribution in [2.75, 3.05) is 7.11 Å². The lowest BCUT2D eigenvalue weighted by molar-refractivity contribution is -0.0212. The Morgan fingerprint density at radius 2 is 1.86 bits per heavy atom. The van der Waals surface area contributed by atoms with Crippen molar-refractivity contribution in [2.45, 2.75) is 18.7 Å². The van der Waals surface area contributed by atoms with Crippen LogP contribution in [0.25, 0.3) is 0 Å². The molecule has 6 heteroatoms. The van der Waals surface area contributed by atoms with Crippen molar-refractivity contribution in [3.05, 3.63) is 93.7 Å². The largest absolute Gasteiger partial charge is 0.497 e. The van der Waals surface area contributed by atoms with Crippen molar-refractivity contribution in [3.8, 4) is 11.5 Å². The summed E-state index contributed by atoms with van der Waals surface area (Å²) in [5, 5.41) is 6.75. The summed E-state index contributed by atoms with van der Waals surface area (Å²) >= 11 is 3.55. The van der Waals surface area contributed by atoms with Crippen LogP contribution in [-0.4, -0.2) is 17.8 Å². The highest BCUT2D eigenvalue weighted by Crippen LogP contribution is 2.48. The number of hydrazone groups is 1. The molecule has 3 aromatic rings. The van der Waals surface area contributed by atoms with Gasteiger partial charge in [-0.2, -0.15) is 5.10 Å². The highest BCUT2D eigenvalue weighted by atomic mass is 79.9. The first-order valence-electron chi connectivity index (χ1n) is 9.35. The zero-order chi connectivity index (χ0) is 20.0. The molecule has 0 N–H and O–H groups in total. The number of nitrogens with zero attached hydrogens (tertiary/aromatic N) is 2. The molecule has 0 spiro atoms. The number of methoxy groups -OCH3 is 1. The van der Waals surface area contributed by atoms with Crippen molar-refractivity contribution >= 4 is 21.6 Å². The standard InChI is InChI=1S/C23H18BrFN2O2/c1-28-16-9-6-14(7-10-16)20-13-21-18-12-15(24)8-11-22(18)29-23(27(21)26-20)17-4-2-3-5-19(17)25/h2-12,21,23H,13H2,1H3/t21-,23-/m0/s1. The van der Waals surface area contributed by atoms with Crippen LogP contribution in [-0.2, 0) is 0 Å². The van der Waals surface area contributed by atoms with E-state index in [-0.39, 0.29) is 11.9 Å². The predicted molar refractivity (Wildman–Crippen MR) is 113 cm³/mol. The van der Waals surface area contributed by atoms with Crippen LogP contribution < -0.4 is 9.47 Å². The van der Waals surface area contributed by atoms with E-state index >= 15 is 0 Å². The van der Waals surface area contributed by atoms with Gasteiger partial charge in [0, 0.05) is 16.5 Å². The highest BCUT2D eigenvalue weighted by Gasteiger charge is 2.41. The van der Waals surface area contributed by atoms with Crippen molar-refractivity contribution < 1.29 is 13.9 Å². The Morgan fingerprint density at radius 1 is 1.07 bits per heavy atom. The molecule has 3 aromatic carbocycles. The number of hydrogen-bond acceptors (Lipinski definition) is 4. The van der Waals surface area contributed by atoms with Gasteiger partial charge in [0.05, 0.1) is 24.4 Å². The minimum absolute atomic E-state index is 0.0297. The second-order valence-corrected chi connectivity index (χ2v) is 7.96. The fourth-order valence-electron chi connectivity index (χ4n) is 3.90. The molecule has 0 aromatic heterocycles. The number of ether oxygens (including phenoxy) is 2. The number of fused-ring (bicyclic) bond motifs is 3. The van der Waals surface area contributed by atoms with Gasteiger partial charge in [0.15, 0.2) is 0 Å². The maximum Gasteiger partial charge on any atom is 0.216 e. The van der Waals surface area contributed by atoms with Gasteiger partial charge < -0.3 is 9.47 Å². The Kier molecular flexibility index (Phi) is 4.51. The number of rotatable bonds is 3. The molecule has 2 aliphatic heterocycles. The second kappa shape index (κ2) is 7.19. The summed E-state index contributed by atoms with van der Waals surface area (Å²) in [6.45, 7) is 0. The van der Waals surface area contributed by atoms with Crippen molar-refractivity contribution in [2.24, 2.45) is 5.10 Å². The molecule has 0 bridgehead atoms. The molecule has 0 unspecified atom stereocenters. The average molecular weight is 453 g/mol. The topological polar surface area (TPSA) is 34.1 Å². The maximum absolute atomic E-state index is 14.6. The van der Waals surface area contributed by atoms with E-state index in [9.17, 15) is 4.39 Å². The molecule has 0 radical (unpaired) electrons. The van der Waals surface area contributed by atoms with Crippen LogP contribution in [0.3, 0.4) is 0 Å². The Balaban J connectivity index is 1.59. The molecule has 5 rings (SSSR count). The van der Waals surface area contributed by atoms with E-state index in [1.165, 1.54) is 6.07 Å². The molecule has 0 amide bonds. The van der Waals surface area contributed by atoms with E-state index < -0.39 is 6.23 Å². The number of halogens is 2. The van der Waals surface area contributed by atoms with Crippen molar-refractivity contribution in [1.82, 2.24) is 5.01 Å². The fraction of sp³-hybridized carbons (Fsp3) is 0.174. The molecule has 0 saturated carbocycles. The Bertz CT molecular complexity index is 1100. The third kappa shape index (κ3) is 3.17. The lowest BCUT2D eigenvalue weighted by Crippen LogP contribution is -2.34. The Hall–Kier alpha value is -2.86. The van der Waals surface area contributed by atoms with Crippen molar-refractivity contribution in [1.29, 1.82) is 0 Å². The molecule has 2 heterocycles. The second-order valence-electron chi connectivity index (χ2n) is 7.05. The van der Waals surface area contributed by atoms with Gasteiger partial charge in [-0.25, -0.2) is 9.40 Å². The first-order chi connectivity index (χ1) is 14.1. The lowest BCUT2D eigenvalue weighted by atomic mass is 9.96.